The molecule has 0 spiro atoms. The maximum atomic E-state index is 13.4. The van der Waals surface area contributed by atoms with Gasteiger partial charge in [-0.15, -0.1) is 0 Å². The fourth-order valence-electron chi connectivity index (χ4n) is 6.80. The summed E-state index contributed by atoms with van der Waals surface area (Å²) in [5.41, 5.74) is 0. The Labute approximate surface area is 192 Å². The number of benzene rings is 1. The molecule has 3 fully saturated rings. The molecule has 0 aromatic heterocycles. The van der Waals surface area contributed by atoms with Gasteiger partial charge in [-0.05, 0) is 0 Å². The van der Waals surface area contributed by atoms with Crippen LogP contribution in [-0.2, 0) is 7.87 Å². The Morgan fingerprint density at radius 1 is 0.733 bits per heavy atom. The van der Waals surface area contributed by atoms with Crippen molar-refractivity contribution in [3.05, 3.63) is 30.3 Å². The van der Waals surface area contributed by atoms with Crippen LogP contribution < -0.4 is 0 Å². The van der Waals surface area contributed by atoms with Gasteiger partial charge < -0.3 is 0 Å². The molecule has 0 unspecified atom stereocenters. The average Bonchev–Trinajstić information content (AvgIpc) is 2.83. The van der Waals surface area contributed by atoms with Crippen molar-refractivity contribution in [2.75, 3.05) is 5.75 Å². The van der Waals surface area contributed by atoms with Crippen molar-refractivity contribution in [2.45, 2.75) is 113 Å². The van der Waals surface area contributed by atoms with E-state index in [1.165, 1.54) is 101 Å². The summed E-state index contributed by atoms with van der Waals surface area (Å²) >= 11 is -1.50. The van der Waals surface area contributed by atoms with Crippen molar-refractivity contribution in [1.82, 2.24) is 0 Å². The summed E-state index contributed by atoms with van der Waals surface area (Å²) in [6.07, 6.45) is 20.6. The van der Waals surface area contributed by atoms with E-state index < -0.39 is 18.8 Å². The van der Waals surface area contributed by atoms with Gasteiger partial charge in [0.05, 0.1) is 0 Å². The van der Waals surface area contributed by atoms with Crippen LogP contribution in [0.2, 0.25) is 11.8 Å². The molecule has 3 saturated carbocycles. The van der Waals surface area contributed by atoms with Crippen LogP contribution >= 0.6 is 11.8 Å². The van der Waals surface area contributed by atoms with E-state index in [2.05, 4.69) is 24.3 Å². The second kappa shape index (κ2) is 11.6. The Balaban J connectivity index is 1.57. The standard InChI is InChI=1S/C8H8O2S.3C6H11.Sn/c9-8(10)6-11-7-4-2-1-3-5-7;3*1-2-4-6-5-3-1;/h1-5H,6H2,(H,9,10);3*1H,2-6H2;/q;;;;+1/p-1. The van der Waals surface area contributed by atoms with Crippen molar-refractivity contribution >= 4 is 36.5 Å². The molecule has 3 aliphatic rings. The van der Waals surface area contributed by atoms with Gasteiger partial charge >= 0.3 is 193 Å². The van der Waals surface area contributed by atoms with Crippen molar-refractivity contribution in [3.8, 4) is 0 Å². The zero-order valence-electron chi connectivity index (χ0n) is 18.7. The predicted octanol–water partition coefficient (Wildman–Crippen LogP) is 8.27. The summed E-state index contributed by atoms with van der Waals surface area (Å²) in [7, 11) is 0. The van der Waals surface area contributed by atoms with Crippen LogP contribution in [0.3, 0.4) is 0 Å². The van der Waals surface area contributed by atoms with E-state index in [0.717, 1.165) is 11.8 Å². The van der Waals surface area contributed by atoms with E-state index in [4.69, 9.17) is 3.07 Å². The summed E-state index contributed by atoms with van der Waals surface area (Å²) < 4.78 is 9.42. The third kappa shape index (κ3) is 5.60. The van der Waals surface area contributed by atoms with Crippen LogP contribution in [0.1, 0.15) is 96.3 Å². The molecule has 1 aromatic carbocycles. The van der Waals surface area contributed by atoms with Gasteiger partial charge in [0.2, 0.25) is 0 Å². The second-order valence-electron chi connectivity index (χ2n) is 9.93. The van der Waals surface area contributed by atoms with Gasteiger partial charge in [0.15, 0.2) is 0 Å². The first-order valence-corrected chi connectivity index (χ1v) is 19.8. The van der Waals surface area contributed by atoms with Crippen LogP contribution in [0.25, 0.3) is 0 Å². The van der Waals surface area contributed by atoms with Crippen LogP contribution in [0.15, 0.2) is 35.2 Å². The molecule has 30 heavy (non-hydrogen) atoms. The molecule has 1 aromatic rings. The predicted molar refractivity (Wildman–Crippen MR) is 130 cm³/mol. The van der Waals surface area contributed by atoms with Crippen LogP contribution in [0.4, 0.5) is 0 Å². The van der Waals surface area contributed by atoms with Crippen LogP contribution in [0.5, 0.6) is 0 Å². The van der Waals surface area contributed by atoms with Gasteiger partial charge in [-0.3, -0.25) is 0 Å². The molecule has 166 valence electrons. The molecular formula is C26H40O2SSn. The van der Waals surface area contributed by atoms with E-state index in [9.17, 15) is 4.79 Å². The molecule has 4 heteroatoms. The fourth-order valence-corrected chi connectivity index (χ4v) is 27.5. The third-order valence-electron chi connectivity index (χ3n) is 8.12. The molecule has 0 amide bonds. The summed E-state index contributed by atoms with van der Waals surface area (Å²) in [6.45, 7) is 0. The molecule has 0 N–H and O–H groups in total. The molecule has 0 heterocycles. The zero-order valence-corrected chi connectivity index (χ0v) is 22.3. The minimum absolute atomic E-state index is 0.126. The summed E-state index contributed by atoms with van der Waals surface area (Å²) in [4.78, 5) is 14.6. The first-order chi connectivity index (χ1) is 14.8. The zero-order chi connectivity index (χ0) is 20.7. The Hall–Kier alpha value is -0.161. The molecule has 2 nitrogen and oxygen atoms in total. The molecule has 0 saturated heterocycles. The average molecular weight is 535 g/mol. The number of carbonyl (C=O) groups excluding carboxylic acids is 1. The molecular weight excluding hydrogens is 495 g/mol. The first-order valence-electron chi connectivity index (χ1n) is 12.7. The Kier molecular flexibility index (Phi) is 8.92. The van der Waals surface area contributed by atoms with Gasteiger partial charge in [-0.25, -0.2) is 0 Å². The fraction of sp³-hybridized carbons (Fsp3) is 0.731. The van der Waals surface area contributed by atoms with E-state index in [-0.39, 0.29) is 5.97 Å². The van der Waals surface area contributed by atoms with Gasteiger partial charge in [-0.1, -0.05) is 0 Å². The SMILES string of the molecule is O=C(CSc1ccccc1)[O][Sn]([CH]1CCCCC1)([CH]1CCCCC1)[CH]1CCCCC1. The van der Waals surface area contributed by atoms with E-state index in [1.54, 1.807) is 11.8 Å². The monoisotopic (exact) mass is 536 g/mol. The minimum atomic E-state index is -3.17. The quantitative estimate of drug-likeness (QED) is 0.260. The van der Waals surface area contributed by atoms with E-state index in [0.29, 0.717) is 5.75 Å². The normalized spacial score (nSPS) is 22.7. The van der Waals surface area contributed by atoms with Gasteiger partial charge in [0.1, 0.15) is 0 Å². The molecule has 0 radical (unpaired) electrons. The third-order valence-corrected chi connectivity index (χ3v) is 26.6. The van der Waals surface area contributed by atoms with E-state index in [1.807, 2.05) is 6.07 Å². The second-order valence-corrected chi connectivity index (χ2v) is 23.4. The number of hydrogen-bond acceptors (Lipinski definition) is 3. The van der Waals surface area contributed by atoms with Crippen molar-refractivity contribution < 1.29 is 7.87 Å². The first kappa shape index (κ1) is 23.0. The number of rotatable bonds is 7. The molecule has 0 bridgehead atoms. The van der Waals surface area contributed by atoms with Crippen molar-refractivity contribution in [3.63, 3.8) is 0 Å². The summed E-state index contributed by atoms with van der Waals surface area (Å²) in [5.74, 6) is 0.621. The maximum absolute atomic E-state index is 13.4. The molecule has 4 rings (SSSR count). The number of thioether (sulfide) groups is 1. The van der Waals surface area contributed by atoms with E-state index >= 15 is 0 Å². The Morgan fingerprint density at radius 2 is 1.17 bits per heavy atom. The molecule has 0 aliphatic heterocycles. The number of carbonyl (C=O) groups is 1. The molecule has 3 aliphatic carbocycles. The number of hydrogen-bond donors (Lipinski definition) is 0. The van der Waals surface area contributed by atoms with Gasteiger partial charge in [-0.2, -0.15) is 0 Å². The van der Waals surface area contributed by atoms with Gasteiger partial charge in [0.25, 0.3) is 0 Å². The van der Waals surface area contributed by atoms with Gasteiger partial charge in [0, 0.05) is 0 Å². The van der Waals surface area contributed by atoms with Crippen LogP contribution in [0, 0.1) is 0 Å². The topological polar surface area (TPSA) is 26.3 Å². The summed E-state index contributed by atoms with van der Waals surface area (Å²) in [5, 5.41) is 0. The van der Waals surface area contributed by atoms with Crippen molar-refractivity contribution in [2.24, 2.45) is 0 Å². The Morgan fingerprint density at radius 3 is 1.60 bits per heavy atom. The summed E-state index contributed by atoms with van der Waals surface area (Å²) in [6, 6.07) is 10.4. The van der Waals surface area contributed by atoms with Crippen molar-refractivity contribution in [1.29, 1.82) is 0 Å². The Bertz CT molecular complexity index is 601. The van der Waals surface area contributed by atoms with Crippen LogP contribution in [-0.4, -0.2) is 30.5 Å². The molecule has 0 atom stereocenters.